The van der Waals surface area contributed by atoms with Gasteiger partial charge >= 0.3 is 0 Å². The van der Waals surface area contributed by atoms with Gasteiger partial charge in [-0.15, -0.1) is 11.3 Å². The van der Waals surface area contributed by atoms with Crippen LogP contribution < -0.4 is 15.6 Å². The third-order valence-corrected chi connectivity index (χ3v) is 6.69. The molecular weight excluding hydrogens is 424 g/mol. The number of nitrogens with zero attached hydrogens (tertiary/aromatic N) is 5. The Morgan fingerprint density at radius 1 is 1.34 bits per heavy atom. The van der Waals surface area contributed by atoms with Crippen molar-refractivity contribution in [2.75, 3.05) is 20.1 Å². The second-order valence-electron chi connectivity index (χ2n) is 8.18. The Kier molecular flexibility index (Phi) is 7.29. The van der Waals surface area contributed by atoms with Gasteiger partial charge in [0, 0.05) is 42.7 Å². The molecule has 3 aromatic rings. The van der Waals surface area contributed by atoms with Crippen LogP contribution in [0.5, 0.6) is 0 Å². The van der Waals surface area contributed by atoms with Gasteiger partial charge < -0.3 is 10.5 Å². The zero-order valence-corrected chi connectivity index (χ0v) is 19.5. The van der Waals surface area contributed by atoms with E-state index in [1.165, 1.54) is 23.7 Å². The first-order valence-corrected chi connectivity index (χ1v) is 12.1. The molecule has 1 atom stereocenters. The highest BCUT2D eigenvalue weighted by molar-refractivity contribution is 7.07. The van der Waals surface area contributed by atoms with E-state index in [-0.39, 0.29) is 11.6 Å². The number of likely N-dealkylation sites (N-methyl/N-ethyl adjacent to an activating group) is 1. The van der Waals surface area contributed by atoms with Crippen LogP contribution in [0.15, 0.2) is 40.2 Å². The van der Waals surface area contributed by atoms with Crippen LogP contribution in [0, 0.1) is 5.21 Å². The van der Waals surface area contributed by atoms with Crippen molar-refractivity contribution in [1.29, 1.82) is 0 Å². The molecule has 1 unspecified atom stereocenters. The molecule has 0 spiro atoms. The standard InChI is InChI=1S/C23H30N6O2S/c1-3-21(27(12-9-24-2)13-17-7-10-28(31)11-8-17)22-26-20-6-4-5-19(20)23(30)29(22)14-18-15-32-16-25-18/h7-8,10-11,15-16,21,24H,3-6,9,12-14H2,1-2H3. The number of aromatic nitrogens is 4. The molecule has 9 heteroatoms. The fourth-order valence-electron chi connectivity index (χ4n) is 4.42. The number of hydrogen-bond acceptors (Lipinski definition) is 7. The van der Waals surface area contributed by atoms with E-state index in [0.29, 0.717) is 13.1 Å². The van der Waals surface area contributed by atoms with Crippen molar-refractivity contribution in [1.82, 2.24) is 24.8 Å². The highest BCUT2D eigenvalue weighted by Gasteiger charge is 2.28. The largest absolute Gasteiger partial charge is 0.619 e. The molecule has 0 saturated heterocycles. The van der Waals surface area contributed by atoms with Crippen molar-refractivity contribution in [2.45, 2.75) is 51.7 Å². The van der Waals surface area contributed by atoms with Crippen LogP contribution in [0.25, 0.3) is 0 Å². The van der Waals surface area contributed by atoms with Crippen molar-refractivity contribution in [3.63, 3.8) is 0 Å². The summed E-state index contributed by atoms with van der Waals surface area (Å²) in [6.45, 7) is 4.86. The first-order chi connectivity index (χ1) is 15.6. The Hall–Kier alpha value is -2.62. The number of hydrogen-bond donors (Lipinski definition) is 1. The monoisotopic (exact) mass is 454 g/mol. The van der Waals surface area contributed by atoms with E-state index in [2.05, 4.69) is 22.1 Å². The fraction of sp³-hybridized carbons (Fsp3) is 0.478. The number of nitrogens with one attached hydrogen (secondary N) is 1. The maximum absolute atomic E-state index is 13.5. The summed E-state index contributed by atoms with van der Waals surface area (Å²) < 4.78 is 2.64. The predicted molar refractivity (Wildman–Crippen MR) is 125 cm³/mol. The van der Waals surface area contributed by atoms with Crippen LogP contribution in [0.3, 0.4) is 0 Å². The van der Waals surface area contributed by atoms with Crippen molar-refractivity contribution in [3.05, 3.63) is 79.3 Å². The lowest BCUT2D eigenvalue weighted by molar-refractivity contribution is -0.605. The third kappa shape index (κ3) is 4.90. The number of thiazole rings is 1. The van der Waals surface area contributed by atoms with Gasteiger partial charge in [-0.1, -0.05) is 6.92 Å². The molecule has 4 rings (SSSR count). The molecule has 1 N–H and O–H groups in total. The molecule has 0 fully saturated rings. The van der Waals surface area contributed by atoms with Crippen molar-refractivity contribution < 1.29 is 4.73 Å². The van der Waals surface area contributed by atoms with E-state index in [1.807, 2.05) is 29.1 Å². The molecule has 32 heavy (non-hydrogen) atoms. The molecule has 8 nitrogen and oxygen atoms in total. The van der Waals surface area contributed by atoms with Gasteiger partial charge in [-0.25, -0.2) is 9.97 Å². The minimum Gasteiger partial charge on any atom is -0.619 e. The molecular formula is C23H30N6O2S. The van der Waals surface area contributed by atoms with Crippen LogP contribution in [0.2, 0.25) is 0 Å². The second kappa shape index (κ2) is 10.3. The predicted octanol–water partition coefficient (Wildman–Crippen LogP) is 2.04. The average Bonchev–Trinajstić information content (AvgIpc) is 3.48. The van der Waals surface area contributed by atoms with Crippen LogP contribution in [0.1, 0.15) is 54.1 Å². The van der Waals surface area contributed by atoms with Gasteiger partial charge in [0.05, 0.1) is 29.5 Å². The summed E-state index contributed by atoms with van der Waals surface area (Å²) in [6.07, 6.45) is 6.52. The van der Waals surface area contributed by atoms with Crippen LogP contribution >= 0.6 is 11.3 Å². The Labute approximate surface area is 192 Å². The Bertz CT molecular complexity index is 1080. The number of fused-ring (bicyclic) bond motifs is 1. The number of pyridine rings is 1. The van der Waals surface area contributed by atoms with Gasteiger partial charge in [0.1, 0.15) is 5.82 Å². The SMILES string of the molecule is CCC(c1nc2c(c(=O)n1Cc1cscn1)CCC2)N(CCNC)Cc1cc[n+]([O-])cc1. The first kappa shape index (κ1) is 22.6. The topological polar surface area (TPSA) is 90.0 Å². The Morgan fingerprint density at radius 3 is 2.84 bits per heavy atom. The smallest absolute Gasteiger partial charge is 0.257 e. The fourth-order valence-corrected chi connectivity index (χ4v) is 4.97. The summed E-state index contributed by atoms with van der Waals surface area (Å²) in [5.41, 5.74) is 5.64. The van der Waals surface area contributed by atoms with Gasteiger partial charge in [-0.2, -0.15) is 4.73 Å². The maximum Gasteiger partial charge on any atom is 0.257 e. The maximum atomic E-state index is 13.5. The zero-order chi connectivity index (χ0) is 22.5. The summed E-state index contributed by atoms with van der Waals surface area (Å²) >= 11 is 1.54. The summed E-state index contributed by atoms with van der Waals surface area (Å²) in [5, 5.41) is 16.7. The minimum absolute atomic E-state index is 0.0276. The lowest BCUT2D eigenvalue weighted by atomic mass is 10.1. The van der Waals surface area contributed by atoms with E-state index in [0.717, 1.165) is 71.8 Å². The number of aryl methyl sites for hydroxylation is 1. The van der Waals surface area contributed by atoms with Gasteiger partial charge in [-0.3, -0.25) is 14.3 Å². The molecule has 3 heterocycles. The van der Waals surface area contributed by atoms with Gasteiger partial charge in [0.15, 0.2) is 12.4 Å². The summed E-state index contributed by atoms with van der Waals surface area (Å²) in [6, 6.07) is 3.68. The molecule has 1 aliphatic carbocycles. The Balaban J connectivity index is 1.75. The molecule has 0 aromatic carbocycles. The molecule has 0 aliphatic heterocycles. The van der Waals surface area contributed by atoms with Gasteiger partial charge in [0.2, 0.25) is 0 Å². The Morgan fingerprint density at radius 2 is 2.16 bits per heavy atom. The minimum atomic E-state index is -0.0276. The van der Waals surface area contributed by atoms with E-state index >= 15 is 0 Å². The number of rotatable bonds is 10. The molecule has 0 radical (unpaired) electrons. The van der Waals surface area contributed by atoms with Crippen LogP contribution in [-0.4, -0.2) is 39.6 Å². The molecule has 3 aromatic heterocycles. The summed E-state index contributed by atoms with van der Waals surface area (Å²) in [4.78, 5) is 25.3. The second-order valence-corrected chi connectivity index (χ2v) is 8.90. The highest BCUT2D eigenvalue weighted by atomic mass is 32.1. The van der Waals surface area contributed by atoms with E-state index in [9.17, 15) is 10.0 Å². The first-order valence-electron chi connectivity index (χ1n) is 11.2. The average molecular weight is 455 g/mol. The molecule has 170 valence electrons. The van der Waals surface area contributed by atoms with E-state index < -0.39 is 0 Å². The quantitative estimate of drug-likeness (QED) is 0.373. The molecule has 1 aliphatic rings. The lowest BCUT2D eigenvalue weighted by Gasteiger charge is -2.32. The van der Waals surface area contributed by atoms with Crippen molar-refractivity contribution in [3.8, 4) is 0 Å². The normalized spacial score (nSPS) is 14.1. The van der Waals surface area contributed by atoms with Crippen LogP contribution in [0.4, 0.5) is 0 Å². The lowest BCUT2D eigenvalue weighted by Crippen LogP contribution is -2.39. The molecule has 0 amide bonds. The summed E-state index contributed by atoms with van der Waals surface area (Å²) in [7, 11) is 1.94. The van der Waals surface area contributed by atoms with Gasteiger partial charge in [0.25, 0.3) is 5.56 Å². The molecule has 0 bridgehead atoms. The van der Waals surface area contributed by atoms with Crippen molar-refractivity contribution in [2.24, 2.45) is 0 Å². The third-order valence-electron chi connectivity index (χ3n) is 6.05. The van der Waals surface area contributed by atoms with E-state index in [4.69, 9.17) is 4.98 Å². The highest BCUT2D eigenvalue weighted by Crippen LogP contribution is 2.27. The van der Waals surface area contributed by atoms with Crippen LogP contribution in [-0.2, 0) is 25.9 Å². The van der Waals surface area contributed by atoms with Crippen molar-refractivity contribution >= 4 is 11.3 Å². The van der Waals surface area contributed by atoms with E-state index in [1.54, 1.807) is 5.51 Å². The summed E-state index contributed by atoms with van der Waals surface area (Å²) in [5.74, 6) is 0.817. The van der Waals surface area contributed by atoms with Gasteiger partial charge in [-0.05, 0) is 38.3 Å². The zero-order valence-electron chi connectivity index (χ0n) is 18.7. The molecule has 0 saturated carbocycles.